The zero-order valence-corrected chi connectivity index (χ0v) is 11.8. The molecule has 2 aliphatic carbocycles. The molecule has 2 nitrogen and oxygen atoms in total. The summed E-state index contributed by atoms with van der Waals surface area (Å²) < 4.78 is 0. The summed E-state index contributed by atoms with van der Waals surface area (Å²) in [6.45, 7) is 8.08. The molecular weight excluding hydrogens is 230 g/mol. The molecule has 96 valence electrons. The lowest BCUT2D eigenvalue weighted by atomic mass is 9.68. The van der Waals surface area contributed by atoms with Crippen LogP contribution >= 0.6 is 11.8 Å². The molecule has 3 aliphatic rings. The van der Waals surface area contributed by atoms with Crippen LogP contribution in [0.25, 0.3) is 0 Å². The SMILES string of the molecule is CC1(C)C2CCC1(CN1CCSCC1)C(=O)C2. The van der Waals surface area contributed by atoms with Crippen LogP contribution in [0.2, 0.25) is 0 Å². The fourth-order valence-electron chi connectivity index (χ4n) is 4.28. The van der Waals surface area contributed by atoms with Crippen molar-refractivity contribution in [3.63, 3.8) is 0 Å². The fourth-order valence-corrected chi connectivity index (χ4v) is 5.26. The predicted molar refractivity (Wildman–Crippen MR) is 72.3 cm³/mol. The van der Waals surface area contributed by atoms with Crippen molar-refractivity contribution in [1.82, 2.24) is 4.90 Å². The molecule has 0 amide bonds. The smallest absolute Gasteiger partial charge is 0.141 e. The number of Topliss-reactive ketones (excluding diaryl/α,β-unsaturated/α-hetero) is 1. The van der Waals surface area contributed by atoms with E-state index in [4.69, 9.17) is 0 Å². The summed E-state index contributed by atoms with van der Waals surface area (Å²) in [5.41, 5.74) is 0.244. The number of hydrogen-bond acceptors (Lipinski definition) is 3. The summed E-state index contributed by atoms with van der Waals surface area (Å²) in [4.78, 5) is 15.0. The van der Waals surface area contributed by atoms with Gasteiger partial charge in [-0.3, -0.25) is 4.79 Å². The summed E-state index contributed by atoms with van der Waals surface area (Å²) in [6, 6.07) is 0. The average molecular weight is 253 g/mol. The van der Waals surface area contributed by atoms with Crippen LogP contribution in [0, 0.1) is 16.7 Å². The van der Waals surface area contributed by atoms with Crippen molar-refractivity contribution in [1.29, 1.82) is 0 Å². The minimum absolute atomic E-state index is 0.000324. The molecule has 2 saturated carbocycles. The van der Waals surface area contributed by atoms with E-state index < -0.39 is 0 Å². The van der Waals surface area contributed by atoms with E-state index in [-0.39, 0.29) is 10.8 Å². The monoisotopic (exact) mass is 253 g/mol. The van der Waals surface area contributed by atoms with Gasteiger partial charge in [0.1, 0.15) is 5.78 Å². The van der Waals surface area contributed by atoms with Crippen molar-refractivity contribution in [3.8, 4) is 0 Å². The van der Waals surface area contributed by atoms with E-state index in [0.29, 0.717) is 11.7 Å². The van der Waals surface area contributed by atoms with E-state index in [0.717, 1.165) is 19.4 Å². The average Bonchev–Trinajstić information content (AvgIpc) is 2.64. The maximum absolute atomic E-state index is 12.4. The van der Waals surface area contributed by atoms with Crippen molar-refractivity contribution in [3.05, 3.63) is 0 Å². The second-order valence-corrected chi connectivity index (χ2v) is 7.78. The zero-order valence-electron chi connectivity index (χ0n) is 11.0. The lowest BCUT2D eigenvalue weighted by Gasteiger charge is -2.41. The van der Waals surface area contributed by atoms with Crippen molar-refractivity contribution < 1.29 is 4.79 Å². The Labute approximate surface area is 109 Å². The molecule has 1 heterocycles. The van der Waals surface area contributed by atoms with Gasteiger partial charge in [-0.25, -0.2) is 0 Å². The maximum Gasteiger partial charge on any atom is 0.141 e. The summed E-state index contributed by atoms with van der Waals surface area (Å²) in [7, 11) is 0. The lowest BCUT2D eigenvalue weighted by Crippen LogP contribution is -2.48. The van der Waals surface area contributed by atoms with E-state index >= 15 is 0 Å². The first-order valence-corrected chi connectivity index (χ1v) is 8.05. The van der Waals surface area contributed by atoms with Crippen LogP contribution in [0.4, 0.5) is 0 Å². The Morgan fingerprint density at radius 1 is 1.35 bits per heavy atom. The zero-order chi connectivity index (χ0) is 12.1. The number of thioether (sulfide) groups is 1. The van der Waals surface area contributed by atoms with Crippen molar-refractivity contribution in [2.24, 2.45) is 16.7 Å². The highest BCUT2D eigenvalue weighted by Gasteiger charge is 2.64. The number of ketones is 1. The van der Waals surface area contributed by atoms with Crippen LogP contribution < -0.4 is 0 Å². The normalized spacial score (nSPS) is 41.1. The molecule has 1 aliphatic heterocycles. The van der Waals surface area contributed by atoms with Crippen molar-refractivity contribution in [2.45, 2.75) is 33.1 Å². The van der Waals surface area contributed by atoms with Gasteiger partial charge in [0.25, 0.3) is 0 Å². The number of carbonyl (C=O) groups excluding carboxylic acids is 1. The largest absolute Gasteiger partial charge is 0.301 e. The van der Waals surface area contributed by atoms with Gasteiger partial charge in [-0.2, -0.15) is 11.8 Å². The van der Waals surface area contributed by atoms with Gasteiger partial charge in [-0.15, -0.1) is 0 Å². The molecule has 0 spiro atoms. The van der Waals surface area contributed by atoms with Crippen molar-refractivity contribution in [2.75, 3.05) is 31.1 Å². The molecule has 0 aromatic heterocycles. The quantitative estimate of drug-likeness (QED) is 0.754. The van der Waals surface area contributed by atoms with Gasteiger partial charge in [0.15, 0.2) is 0 Å². The van der Waals surface area contributed by atoms with Crippen LogP contribution in [-0.4, -0.2) is 41.8 Å². The molecule has 0 aromatic carbocycles. The molecule has 3 fully saturated rings. The summed E-state index contributed by atoms with van der Waals surface area (Å²) in [5, 5.41) is 0. The Hall–Kier alpha value is -0.0200. The van der Waals surface area contributed by atoms with Crippen molar-refractivity contribution >= 4 is 17.5 Å². The molecule has 2 bridgehead atoms. The molecule has 2 atom stereocenters. The predicted octanol–water partition coefficient (Wildman–Crippen LogP) is 2.43. The van der Waals surface area contributed by atoms with Gasteiger partial charge in [-0.05, 0) is 24.2 Å². The third-order valence-electron chi connectivity index (χ3n) is 5.74. The minimum atomic E-state index is -0.000324. The molecule has 0 aromatic rings. The highest BCUT2D eigenvalue weighted by atomic mass is 32.2. The van der Waals surface area contributed by atoms with Gasteiger partial charge in [0, 0.05) is 43.0 Å². The Morgan fingerprint density at radius 3 is 2.59 bits per heavy atom. The third kappa shape index (κ3) is 1.61. The van der Waals surface area contributed by atoms with Crippen LogP contribution in [0.5, 0.6) is 0 Å². The highest BCUT2D eigenvalue weighted by Crippen LogP contribution is 2.64. The highest BCUT2D eigenvalue weighted by molar-refractivity contribution is 7.99. The molecule has 0 N–H and O–H groups in total. The van der Waals surface area contributed by atoms with Gasteiger partial charge >= 0.3 is 0 Å². The van der Waals surface area contributed by atoms with Gasteiger partial charge in [0.2, 0.25) is 0 Å². The van der Waals surface area contributed by atoms with Gasteiger partial charge in [-0.1, -0.05) is 13.8 Å². The minimum Gasteiger partial charge on any atom is -0.301 e. The third-order valence-corrected chi connectivity index (χ3v) is 6.68. The topological polar surface area (TPSA) is 20.3 Å². The van der Waals surface area contributed by atoms with E-state index in [1.807, 2.05) is 11.8 Å². The van der Waals surface area contributed by atoms with Gasteiger partial charge in [0.05, 0.1) is 0 Å². The number of rotatable bonds is 2. The van der Waals surface area contributed by atoms with Crippen LogP contribution in [-0.2, 0) is 4.79 Å². The number of hydrogen-bond donors (Lipinski definition) is 0. The summed E-state index contributed by atoms with van der Waals surface area (Å²) >= 11 is 2.05. The van der Waals surface area contributed by atoms with E-state index in [1.54, 1.807) is 0 Å². The first-order valence-electron chi connectivity index (χ1n) is 6.90. The summed E-state index contributed by atoms with van der Waals surface area (Å²) in [5.74, 6) is 3.72. The maximum atomic E-state index is 12.4. The Bertz CT molecular complexity index is 335. The standard InChI is InChI=1S/C14H23NOS/c1-13(2)11-3-4-14(13,12(16)9-11)10-15-5-7-17-8-6-15/h11H,3-10H2,1-2H3. The second kappa shape index (κ2) is 3.99. The Kier molecular flexibility index (Phi) is 2.82. The molecule has 2 unspecified atom stereocenters. The van der Waals surface area contributed by atoms with Crippen LogP contribution in [0.1, 0.15) is 33.1 Å². The molecule has 3 rings (SSSR count). The fraction of sp³-hybridized carbons (Fsp3) is 0.929. The number of carbonyl (C=O) groups is 1. The van der Waals surface area contributed by atoms with Gasteiger partial charge < -0.3 is 4.90 Å². The molecule has 0 radical (unpaired) electrons. The van der Waals surface area contributed by atoms with E-state index in [9.17, 15) is 4.79 Å². The van der Waals surface area contributed by atoms with E-state index in [1.165, 1.54) is 31.0 Å². The van der Waals surface area contributed by atoms with Crippen LogP contribution in [0.3, 0.4) is 0 Å². The summed E-state index contributed by atoms with van der Waals surface area (Å²) in [6.07, 6.45) is 3.28. The molecular formula is C14H23NOS. The Balaban J connectivity index is 1.81. The Morgan fingerprint density at radius 2 is 2.06 bits per heavy atom. The van der Waals surface area contributed by atoms with Crippen LogP contribution in [0.15, 0.2) is 0 Å². The molecule has 17 heavy (non-hydrogen) atoms. The molecule has 1 saturated heterocycles. The van der Waals surface area contributed by atoms with E-state index in [2.05, 4.69) is 18.7 Å². The number of nitrogens with zero attached hydrogens (tertiary/aromatic N) is 1. The molecule has 3 heteroatoms. The first-order chi connectivity index (χ1) is 8.06. The first kappa shape index (κ1) is 12.0. The number of fused-ring (bicyclic) bond motifs is 2. The lowest BCUT2D eigenvalue weighted by molar-refractivity contribution is -0.130. The second-order valence-electron chi connectivity index (χ2n) is 6.56.